The molecule has 0 atom stereocenters. The summed E-state index contributed by atoms with van der Waals surface area (Å²) in [7, 11) is 3.56. The Morgan fingerprint density at radius 3 is 2.80 bits per heavy atom. The van der Waals surface area contributed by atoms with Crippen molar-refractivity contribution < 1.29 is 4.74 Å². The zero-order chi connectivity index (χ0) is 11.3. The Kier molecular flexibility index (Phi) is 3.91. The average Bonchev–Trinajstić information content (AvgIpc) is 2.17. The van der Waals surface area contributed by atoms with E-state index in [1.807, 2.05) is 19.2 Å². The summed E-state index contributed by atoms with van der Waals surface area (Å²) >= 11 is 0. The van der Waals surface area contributed by atoms with Crippen molar-refractivity contribution in [1.82, 2.24) is 4.98 Å². The molecule has 0 aromatic carbocycles. The summed E-state index contributed by atoms with van der Waals surface area (Å²) in [6.07, 6.45) is 1.77. The fourth-order valence-electron chi connectivity index (χ4n) is 1.43. The highest BCUT2D eigenvalue weighted by Gasteiger charge is 2.16. The van der Waals surface area contributed by atoms with Gasteiger partial charge in [-0.25, -0.2) is 4.98 Å². The molecule has 4 nitrogen and oxygen atoms in total. The van der Waals surface area contributed by atoms with Gasteiger partial charge >= 0.3 is 0 Å². The number of rotatable bonds is 5. The normalized spacial score (nSPS) is 11.2. The second-order valence-electron chi connectivity index (χ2n) is 4.12. The molecule has 1 aromatic heterocycles. The SMILES string of the molecule is CNc1cc(NC(C)(C)COC)ccn1. The van der Waals surface area contributed by atoms with Crippen molar-refractivity contribution in [3.05, 3.63) is 18.3 Å². The Hall–Kier alpha value is -1.29. The van der Waals surface area contributed by atoms with Gasteiger partial charge in [0.15, 0.2) is 0 Å². The van der Waals surface area contributed by atoms with Gasteiger partial charge in [-0.2, -0.15) is 0 Å². The molecule has 2 N–H and O–H groups in total. The molecule has 0 fully saturated rings. The van der Waals surface area contributed by atoms with Crippen LogP contribution in [0.25, 0.3) is 0 Å². The Labute approximate surface area is 91.1 Å². The van der Waals surface area contributed by atoms with E-state index in [0.717, 1.165) is 11.5 Å². The molecule has 0 aliphatic heterocycles. The summed E-state index contributed by atoms with van der Waals surface area (Å²) < 4.78 is 5.14. The number of pyridine rings is 1. The lowest BCUT2D eigenvalue weighted by molar-refractivity contribution is 0.158. The largest absolute Gasteiger partial charge is 0.382 e. The van der Waals surface area contributed by atoms with Gasteiger partial charge in [0, 0.05) is 32.1 Å². The minimum atomic E-state index is -0.0822. The summed E-state index contributed by atoms with van der Waals surface area (Å²) in [5.41, 5.74) is 0.956. The first-order valence-corrected chi connectivity index (χ1v) is 4.98. The summed E-state index contributed by atoms with van der Waals surface area (Å²) in [5.74, 6) is 0.855. The highest BCUT2D eigenvalue weighted by molar-refractivity contribution is 5.52. The zero-order valence-electron chi connectivity index (χ0n) is 9.79. The van der Waals surface area contributed by atoms with Gasteiger partial charge in [-0.1, -0.05) is 0 Å². The van der Waals surface area contributed by atoms with E-state index in [0.29, 0.717) is 6.61 Å². The van der Waals surface area contributed by atoms with E-state index in [2.05, 4.69) is 29.5 Å². The van der Waals surface area contributed by atoms with Crippen molar-refractivity contribution in [2.45, 2.75) is 19.4 Å². The standard InChI is InChI=1S/C11H19N3O/c1-11(2,8-15-4)14-9-5-6-13-10(7-9)12-3/h5-7H,8H2,1-4H3,(H2,12,13,14). The molecule has 0 unspecified atom stereocenters. The van der Waals surface area contributed by atoms with Crippen LogP contribution in [0.4, 0.5) is 11.5 Å². The van der Waals surface area contributed by atoms with Gasteiger partial charge in [0.05, 0.1) is 12.1 Å². The molecule has 15 heavy (non-hydrogen) atoms. The maximum atomic E-state index is 5.14. The van der Waals surface area contributed by atoms with E-state index in [4.69, 9.17) is 4.74 Å². The third-order valence-electron chi connectivity index (χ3n) is 2.00. The lowest BCUT2D eigenvalue weighted by Gasteiger charge is -2.26. The number of hydrogen-bond acceptors (Lipinski definition) is 4. The zero-order valence-corrected chi connectivity index (χ0v) is 9.79. The molecule has 0 radical (unpaired) electrons. The van der Waals surface area contributed by atoms with E-state index in [9.17, 15) is 0 Å². The fourth-order valence-corrected chi connectivity index (χ4v) is 1.43. The summed E-state index contributed by atoms with van der Waals surface area (Å²) in [6.45, 7) is 4.84. The fraction of sp³-hybridized carbons (Fsp3) is 0.545. The van der Waals surface area contributed by atoms with Gasteiger partial charge in [0.1, 0.15) is 5.82 Å². The highest BCUT2D eigenvalue weighted by atomic mass is 16.5. The van der Waals surface area contributed by atoms with Gasteiger partial charge < -0.3 is 15.4 Å². The van der Waals surface area contributed by atoms with Crippen molar-refractivity contribution in [3.63, 3.8) is 0 Å². The molecule has 4 heteroatoms. The first-order chi connectivity index (χ1) is 7.07. The van der Waals surface area contributed by atoms with Gasteiger partial charge in [0.2, 0.25) is 0 Å². The summed E-state index contributed by atoms with van der Waals surface area (Å²) in [6, 6.07) is 3.91. The molecule has 0 spiro atoms. The van der Waals surface area contributed by atoms with E-state index >= 15 is 0 Å². The molecular formula is C11H19N3O. The molecule has 0 aliphatic rings. The number of aromatic nitrogens is 1. The van der Waals surface area contributed by atoms with Crippen LogP contribution in [0.2, 0.25) is 0 Å². The monoisotopic (exact) mass is 209 g/mol. The lowest BCUT2D eigenvalue weighted by atomic mass is 10.1. The summed E-state index contributed by atoms with van der Waals surface area (Å²) in [4.78, 5) is 4.15. The predicted octanol–water partition coefficient (Wildman–Crippen LogP) is 1.96. The van der Waals surface area contributed by atoms with Crippen molar-refractivity contribution in [1.29, 1.82) is 0 Å². The second kappa shape index (κ2) is 4.98. The number of methoxy groups -OCH3 is 1. The van der Waals surface area contributed by atoms with Crippen LogP contribution in [0.1, 0.15) is 13.8 Å². The van der Waals surface area contributed by atoms with Crippen molar-refractivity contribution in [2.24, 2.45) is 0 Å². The number of nitrogens with one attached hydrogen (secondary N) is 2. The highest BCUT2D eigenvalue weighted by Crippen LogP contribution is 2.17. The van der Waals surface area contributed by atoms with Crippen LogP contribution in [-0.4, -0.2) is 31.3 Å². The first-order valence-electron chi connectivity index (χ1n) is 4.98. The number of ether oxygens (including phenoxy) is 1. The Morgan fingerprint density at radius 1 is 1.47 bits per heavy atom. The van der Waals surface area contributed by atoms with Gasteiger partial charge in [-0.05, 0) is 19.9 Å². The molecule has 0 saturated heterocycles. The number of anilines is 2. The smallest absolute Gasteiger partial charge is 0.127 e. The second-order valence-corrected chi connectivity index (χ2v) is 4.12. The van der Waals surface area contributed by atoms with Crippen molar-refractivity contribution in [3.8, 4) is 0 Å². The van der Waals surface area contributed by atoms with Crippen LogP contribution in [0, 0.1) is 0 Å². The molecule has 1 rings (SSSR count). The third-order valence-corrected chi connectivity index (χ3v) is 2.00. The third kappa shape index (κ3) is 3.75. The molecule has 1 heterocycles. The molecular weight excluding hydrogens is 190 g/mol. The van der Waals surface area contributed by atoms with Crippen LogP contribution in [0.15, 0.2) is 18.3 Å². The minimum absolute atomic E-state index is 0.0822. The van der Waals surface area contributed by atoms with Crippen LogP contribution >= 0.6 is 0 Å². The van der Waals surface area contributed by atoms with Gasteiger partial charge in [-0.15, -0.1) is 0 Å². The van der Waals surface area contributed by atoms with Crippen LogP contribution in [0.3, 0.4) is 0 Å². The molecule has 0 amide bonds. The molecule has 0 aliphatic carbocycles. The number of hydrogen-bond donors (Lipinski definition) is 2. The minimum Gasteiger partial charge on any atom is -0.382 e. The van der Waals surface area contributed by atoms with E-state index in [1.165, 1.54) is 0 Å². The quantitative estimate of drug-likeness (QED) is 0.778. The Morgan fingerprint density at radius 2 is 2.20 bits per heavy atom. The number of nitrogens with zero attached hydrogens (tertiary/aromatic N) is 1. The average molecular weight is 209 g/mol. The molecule has 1 aromatic rings. The van der Waals surface area contributed by atoms with Gasteiger partial charge in [-0.3, -0.25) is 0 Å². The molecule has 0 saturated carbocycles. The van der Waals surface area contributed by atoms with E-state index < -0.39 is 0 Å². The van der Waals surface area contributed by atoms with E-state index in [1.54, 1.807) is 13.3 Å². The van der Waals surface area contributed by atoms with E-state index in [-0.39, 0.29) is 5.54 Å². The van der Waals surface area contributed by atoms with Crippen LogP contribution < -0.4 is 10.6 Å². The maximum Gasteiger partial charge on any atom is 0.127 e. The topological polar surface area (TPSA) is 46.2 Å². The first kappa shape index (κ1) is 11.8. The van der Waals surface area contributed by atoms with Crippen LogP contribution in [-0.2, 0) is 4.74 Å². The maximum absolute atomic E-state index is 5.14. The predicted molar refractivity (Wildman–Crippen MR) is 63.4 cm³/mol. The Balaban J connectivity index is 2.71. The summed E-state index contributed by atoms with van der Waals surface area (Å²) in [5, 5.41) is 6.39. The van der Waals surface area contributed by atoms with Crippen molar-refractivity contribution in [2.75, 3.05) is 31.4 Å². The Bertz CT molecular complexity index is 312. The lowest BCUT2D eigenvalue weighted by Crippen LogP contribution is -2.35. The molecule has 0 bridgehead atoms. The molecule has 84 valence electrons. The van der Waals surface area contributed by atoms with Gasteiger partial charge in [0.25, 0.3) is 0 Å². The van der Waals surface area contributed by atoms with Crippen LogP contribution in [0.5, 0.6) is 0 Å². The van der Waals surface area contributed by atoms with Crippen molar-refractivity contribution >= 4 is 11.5 Å².